The van der Waals surface area contributed by atoms with Gasteiger partial charge in [-0.3, -0.25) is 9.48 Å². The molecule has 7 heteroatoms. The highest BCUT2D eigenvalue weighted by Gasteiger charge is 2.27. The number of likely N-dealkylation sites (N-methyl/N-ethyl adjacent to an activating group) is 1. The fourth-order valence-corrected chi connectivity index (χ4v) is 4.06. The molecule has 0 aliphatic carbocycles. The highest BCUT2D eigenvalue weighted by atomic mass is 16.2. The number of hydrogen-bond acceptors (Lipinski definition) is 5. The van der Waals surface area contributed by atoms with Crippen LogP contribution in [-0.2, 0) is 24.3 Å². The Kier molecular flexibility index (Phi) is 4.72. The van der Waals surface area contributed by atoms with Gasteiger partial charge in [-0.2, -0.15) is 5.10 Å². The van der Waals surface area contributed by atoms with Gasteiger partial charge in [-0.1, -0.05) is 0 Å². The number of aromatic nitrogens is 4. The number of nitrogens with zero attached hydrogens (tertiary/aromatic N) is 6. The normalized spacial score (nSPS) is 20.1. The van der Waals surface area contributed by atoms with Gasteiger partial charge >= 0.3 is 0 Å². The highest BCUT2D eigenvalue weighted by Crippen LogP contribution is 2.25. The average Bonchev–Trinajstić information content (AvgIpc) is 3.20. The maximum Gasteiger partial charge on any atom is 0.244 e. The lowest BCUT2D eigenvalue weighted by atomic mass is 10.0. The van der Waals surface area contributed by atoms with Crippen molar-refractivity contribution in [2.24, 2.45) is 0 Å². The minimum absolute atomic E-state index is 0.104. The minimum atomic E-state index is 0.104. The van der Waals surface area contributed by atoms with Crippen LogP contribution >= 0.6 is 0 Å². The molecule has 144 valence electrons. The van der Waals surface area contributed by atoms with E-state index in [0.29, 0.717) is 25.6 Å². The third-order valence-electron chi connectivity index (χ3n) is 6.09. The molecule has 4 rings (SSSR count). The van der Waals surface area contributed by atoms with Gasteiger partial charge in [0.15, 0.2) is 0 Å². The van der Waals surface area contributed by atoms with Gasteiger partial charge in [-0.15, -0.1) is 0 Å². The Morgan fingerprint density at radius 1 is 1.26 bits per heavy atom. The van der Waals surface area contributed by atoms with Crippen LogP contribution < -0.4 is 0 Å². The molecule has 27 heavy (non-hydrogen) atoms. The predicted molar refractivity (Wildman–Crippen MR) is 102 cm³/mol. The second kappa shape index (κ2) is 7.03. The number of hydrogen-bond donors (Lipinski definition) is 0. The molecular formula is C20H28N6O. The zero-order chi connectivity index (χ0) is 19.1. The largest absolute Gasteiger partial charge is 0.336 e. The maximum atomic E-state index is 12.8. The summed E-state index contributed by atoms with van der Waals surface area (Å²) in [5, 5.41) is 4.49. The number of amides is 1. The predicted octanol–water partition coefficient (Wildman–Crippen LogP) is 1.60. The van der Waals surface area contributed by atoms with Gasteiger partial charge in [0.05, 0.1) is 11.4 Å². The molecule has 0 unspecified atom stereocenters. The lowest BCUT2D eigenvalue weighted by Gasteiger charge is -2.28. The van der Waals surface area contributed by atoms with Crippen LogP contribution in [0.4, 0.5) is 0 Å². The second-order valence-corrected chi connectivity index (χ2v) is 7.97. The van der Waals surface area contributed by atoms with E-state index in [1.54, 1.807) is 0 Å². The summed E-state index contributed by atoms with van der Waals surface area (Å²) in [7, 11) is 2.15. The van der Waals surface area contributed by atoms with Crippen molar-refractivity contribution >= 4 is 5.91 Å². The van der Waals surface area contributed by atoms with Gasteiger partial charge in [-0.25, -0.2) is 9.97 Å². The van der Waals surface area contributed by atoms with Crippen molar-refractivity contribution in [3.05, 3.63) is 40.2 Å². The van der Waals surface area contributed by atoms with Crippen LogP contribution in [0.25, 0.3) is 0 Å². The second-order valence-electron chi connectivity index (χ2n) is 7.97. The summed E-state index contributed by atoms with van der Waals surface area (Å²) in [5.41, 5.74) is 5.40. The zero-order valence-electron chi connectivity index (χ0n) is 16.7. The molecule has 0 saturated carbocycles. The first-order valence-corrected chi connectivity index (χ1v) is 9.74. The van der Waals surface area contributed by atoms with Crippen molar-refractivity contribution in [2.45, 2.75) is 52.6 Å². The molecule has 0 spiro atoms. The van der Waals surface area contributed by atoms with Gasteiger partial charge in [0.1, 0.15) is 12.4 Å². The number of rotatable bonds is 3. The van der Waals surface area contributed by atoms with Crippen LogP contribution in [0.2, 0.25) is 0 Å². The summed E-state index contributed by atoms with van der Waals surface area (Å²) in [6, 6.07) is 0. The van der Waals surface area contributed by atoms with E-state index in [-0.39, 0.29) is 5.91 Å². The molecule has 0 aromatic carbocycles. The van der Waals surface area contributed by atoms with Crippen molar-refractivity contribution in [3.63, 3.8) is 0 Å². The van der Waals surface area contributed by atoms with Gasteiger partial charge in [-0.05, 0) is 46.3 Å². The molecule has 1 saturated heterocycles. The van der Waals surface area contributed by atoms with E-state index < -0.39 is 0 Å². The van der Waals surface area contributed by atoms with E-state index in [1.807, 2.05) is 36.5 Å². The third-order valence-corrected chi connectivity index (χ3v) is 6.09. The van der Waals surface area contributed by atoms with E-state index in [0.717, 1.165) is 60.0 Å². The molecule has 2 aromatic heterocycles. The summed E-state index contributed by atoms with van der Waals surface area (Å²) in [6.45, 7) is 9.80. The Morgan fingerprint density at radius 2 is 2.07 bits per heavy atom. The van der Waals surface area contributed by atoms with Crippen molar-refractivity contribution < 1.29 is 4.79 Å². The third kappa shape index (κ3) is 3.48. The van der Waals surface area contributed by atoms with Crippen LogP contribution in [-0.4, -0.2) is 62.1 Å². The molecule has 4 heterocycles. The van der Waals surface area contributed by atoms with Crippen molar-refractivity contribution in [1.82, 2.24) is 29.5 Å². The molecule has 2 aliphatic heterocycles. The molecule has 1 amide bonds. The summed E-state index contributed by atoms with van der Waals surface area (Å²) in [4.78, 5) is 26.5. The summed E-state index contributed by atoms with van der Waals surface area (Å²) < 4.78 is 1.82. The summed E-state index contributed by atoms with van der Waals surface area (Å²) in [6.07, 6.45) is 3.86. The molecule has 0 bridgehead atoms. The molecule has 0 N–H and O–H groups in total. The van der Waals surface area contributed by atoms with Crippen molar-refractivity contribution in [1.29, 1.82) is 0 Å². The molecular weight excluding hydrogens is 340 g/mol. The highest BCUT2D eigenvalue weighted by molar-refractivity contribution is 5.76. The van der Waals surface area contributed by atoms with Crippen LogP contribution in [0.3, 0.4) is 0 Å². The quantitative estimate of drug-likeness (QED) is 0.823. The Morgan fingerprint density at radius 3 is 2.74 bits per heavy atom. The number of aryl methyl sites for hydroxylation is 1. The fourth-order valence-electron chi connectivity index (χ4n) is 4.06. The Hall–Kier alpha value is -2.28. The standard InChI is InChI=1S/C20H28N6O/c1-13-14(2)23-26(15(13)3)12-19(27)25-8-6-18-17(11-25)9-21-20(22-18)16-5-7-24(4)10-16/h9,16H,5-8,10-12H2,1-4H3/t16-/m1/s1. The van der Waals surface area contributed by atoms with E-state index in [9.17, 15) is 4.79 Å². The number of carbonyl (C=O) groups excluding carboxylic acids is 1. The van der Waals surface area contributed by atoms with Gasteiger partial charge < -0.3 is 9.80 Å². The zero-order valence-corrected chi connectivity index (χ0v) is 16.7. The molecule has 2 aromatic rings. The first-order chi connectivity index (χ1) is 12.9. The van der Waals surface area contributed by atoms with Crippen molar-refractivity contribution in [2.75, 3.05) is 26.7 Å². The Labute approximate surface area is 160 Å². The van der Waals surface area contributed by atoms with Crippen LogP contribution in [0, 0.1) is 20.8 Å². The summed E-state index contributed by atoms with van der Waals surface area (Å²) in [5.74, 6) is 1.51. The average molecular weight is 368 g/mol. The van der Waals surface area contributed by atoms with E-state index in [1.165, 1.54) is 0 Å². The SMILES string of the molecule is Cc1nn(CC(=O)N2CCc3nc([C@@H]4CCN(C)C4)ncc3C2)c(C)c1C. The smallest absolute Gasteiger partial charge is 0.244 e. The van der Waals surface area contributed by atoms with E-state index in [4.69, 9.17) is 4.98 Å². The Bertz CT molecular complexity index is 874. The first-order valence-electron chi connectivity index (χ1n) is 9.74. The monoisotopic (exact) mass is 368 g/mol. The van der Waals surface area contributed by atoms with Crippen LogP contribution in [0.15, 0.2) is 6.20 Å². The van der Waals surface area contributed by atoms with Crippen LogP contribution in [0.1, 0.15) is 46.4 Å². The molecule has 0 radical (unpaired) electrons. The lowest BCUT2D eigenvalue weighted by molar-refractivity contribution is -0.133. The van der Waals surface area contributed by atoms with Crippen molar-refractivity contribution in [3.8, 4) is 0 Å². The Balaban J connectivity index is 1.45. The van der Waals surface area contributed by atoms with E-state index >= 15 is 0 Å². The van der Waals surface area contributed by atoms with E-state index in [2.05, 4.69) is 22.0 Å². The summed E-state index contributed by atoms with van der Waals surface area (Å²) >= 11 is 0. The van der Waals surface area contributed by atoms with Crippen LogP contribution in [0.5, 0.6) is 0 Å². The molecule has 7 nitrogen and oxygen atoms in total. The molecule has 1 fully saturated rings. The van der Waals surface area contributed by atoms with Gasteiger partial charge in [0, 0.05) is 49.4 Å². The van der Waals surface area contributed by atoms with Gasteiger partial charge in [0.25, 0.3) is 0 Å². The topological polar surface area (TPSA) is 67.2 Å². The molecule has 2 aliphatic rings. The van der Waals surface area contributed by atoms with Gasteiger partial charge in [0.2, 0.25) is 5.91 Å². The first kappa shape index (κ1) is 18.1. The number of fused-ring (bicyclic) bond motifs is 1. The lowest BCUT2D eigenvalue weighted by Crippen LogP contribution is -2.39. The maximum absolute atomic E-state index is 12.8. The molecule has 1 atom stereocenters. The minimum Gasteiger partial charge on any atom is -0.336 e. The number of carbonyl (C=O) groups is 1. The fraction of sp³-hybridized carbons (Fsp3) is 0.600. The number of likely N-dealkylation sites (tertiary alicyclic amines) is 1.